The highest BCUT2D eigenvalue weighted by molar-refractivity contribution is 6.33. The maximum atomic E-state index is 13.4. The van der Waals surface area contributed by atoms with E-state index in [-0.39, 0.29) is 11.5 Å². The summed E-state index contributed by atoms with van der Waals surface area (Å²) in [7, 11) is -0.0232. The second-order valence-corrected chi connectivity index (χ2v) is 2.68. The molecule has 0 unspecified atom stereocenters. The fourth-order valence-corrected chi connectivity index (χ4v) is 1.07. The summed E-state index contributed by atoms with van der Waals surface area (Å²) in [4.78, 5) is 0. The summed E-state index contributed by atoms with van der Waals surface area (Å²) in [5.74, 6) is -4.03. The molecule has 0 atom stereocenters. The van der Waals surface area contributed by atoms with Crippen molar-refractivity contribution in [2.24, 2.45) is 0 Å². The van der Waals surface area contributed by atoms with Crippen LogP contribution >= 0.6 is 0 Å². The first-order valence-electron chi connectivity index (χ1n) is 4.14. The summed E-state index contributed by atoms with van der Waals surface area (Å²) in [6.07, 6.45) is 0. The van der Waals surface area contributed by atoms with E-state index in [0.29, 0.717) is 0 Å². The zero-order valence-electron chi connectivity index (χ0n) is 8.53. The smallest absolute Gasteiger partial charge is 0.507 e. The lowest BCUT2D eigenvalue weighted by Gasteiger charge is -2.12. The first kappa shape index (κ1) is 12.5. The summed E-state index contributed by atoms with van der Waals surface area (Å²) in [6.45, 7) is 0. The van der Waals surface area contributed by atoms with Crippen molar-refractivity contribution in [3.63, 3.8) is 0 Å². The highest BCUT2D eigenvalue weighted by Crippen LogP contribution is 2.36. The molecule has 1 aromatic carbocycles. The van der Waals surface area contributed by atoms with Gasteiger partial charge in [0.2, 0.25) is 11.6 Å². The maximum Gasteiger partial charge on any atom is 0.707 e. The molecule has 1 rings (SSSR count). The van der Waals surface area contributed by atoms with Crippen LogP contribution in [0, 0.1) is 11.6 Å². The first-order chi connectivity index (χ1) is 7.51. The fourth-order valence-electron chi connectivity index (χ4n) is 1.07. The van der Waals surface area contributed by atoms with E-state index in [2.05, 4.69) is 14.1 Å². The third kappa shape index (κ3) is 2.34. The highest BCUT2D eigenvalue weighted by atomic mass is 19.1. The summed E-state index contributed by atoms with van der Waals surface area (Å²) >= 11 is 0. The van der Waals surface area contributed by atoms with Crippen LogP contribution in [0.3, 0.4) is 0 Å². The zero-order chi connectivity index (χ0) is 12.3. The van der Waals surface area contributed by atoms with Crippen LogP contribution in [0.5, 0.6) is 17.2 Å². The molecule has 0 heterocycles. The van der Waals surface area contributed by atoms with Gasteiger partial charge in [0.05, 0.1) is 14.2 Å². The van der Waals surface area contributed by atoms with E-state index >= 15 is 0 Å². The molecule has 0 saturated carbocycles. The topological polar surface area (TPSA) is 68.2 Å². The van der Waals surface area contributed by atoms with Gasteiger partial charge in [-0.2, -0.15) is 8.78 Å². The molecular weight excluding hydrogens is 225 g/mol. The third-order valence-corrected chi connectivity index (χ3v) is 1.76. The molecule has 0 spiro atoms. The monoisotopic (exact) mass is 234 g/mol. The molecule has 5 nitrogen and oxygen atoms in total. The molecule has 0 aromatic heterocycles. The first-order valence-corrected chi connectivity index (χ1v) is 4.14. The predicted octanol–water partition coefficient (Wildman–Crippen LogP) is 0.330. The summed E-state index contributed by atoms with van der Waals surface area (Å²) in [5.41, 5.74) is 0. The molecule has 16 heavy (non-hydrogen) atoms. The van der Waals surface area contributed by atoms with Crippen molar-refractivity contribution in [3.8, 4) is 17.2 Å². The minimum Gasteiger partial charge on any atom is -0.507 e. The van der Waals surface area contributed by atoms with E-state index < -0.39 is 24.7 Å². The second kappa shape index (κ2) is 5.00. The Morgan fingerprint density at radius 1 is 1.06 bits per heavy atom. The zero-order valence-corrected chi connectivity index (χ0v) is 8.53. The number of hydrogen-bond donors (Lipinski definition) is 2. The number of methoxy groups -OCH3 is 2. The van der Waals surface area contributed by atoms with Gasteiger partial charge in [-0.3, -0.25) is 0 Å². The van der Waals surface area contributed by atoms with Crippen LogP contribution in [0.4, 0.5) is 8.78 Å². The number of hydrogen-bond acceptors (Lipinski definition) is 5. The quantitative estimate of drug-likeness (QED) is 0.734. The van der Waals surface area contributed by atoms with Crippen LogP contribution in [-0.4, -0.2) is 31.6 Å². The molecule has 0 aliphatic heterocycles. The van der Waals surface area contributed by atoms with Crippen LogP contribution in [0.15, 0.2) is 6.07 Å². The Kier molecular flexibility index (Phi) is 3.91. The largest absolute Gasteiger partial charge is 0.707 e. The molecular formula is C8H9BF2O5. The van der Waals surface area contributed by atoms with Crippen molar-refractivity contribution in [2.45, 2.75) is 0 Å². The van der Waals surface area contributed by atoms with Crippen molar-refractivity contribution in [1.29, 1.82) is 0 Å². The maximum absolute atomic E-state index is 13.4. The van der Waals surface area contributed by atoms with Gasteiger partial charge in [0, 0.05) is 6.07 Å². The van der Waals surface area contributed by atoms with Crippen LogP contribution < -0.4 is 14.1 Å². The Labute approximate surface area is 90.3 Å². The highest BCUT2D eigenvalue weighted by Gasteiger charge is 2.25. The van der Waals surface area contributed by atoms with Crippen LogP contribution in [-0.2, 0) is 0 Å². The minimum atomic E-state index is -2.35. The van der Waals surface area contributed by atoms with Gasteiger partial charge in [-0.1, -0.05) is 0 Å². The second-order valence-electron chi connectivity index (χ2n) is 2.68. The third-order valence-electron chi connectivity index (χ3n) is 1.76. The summed E-state index contributed by atoms with van der Waals surface area (Å²) in [5, 5.41) is 17.0. The van der Waals surface area contributed by atoms with Gasteiger partial charge in [0.15, 0.2) is 17.2 Å². The number of benzene rings is 1. The van der Waals surface area contributed by atoms with E-state index in [9.17, 15) is 8.78 Å². The van der Waals surface area contributed by atoms with Gasteiger partial charge in [0.1, 0.15) is 0 Å². The number of rotatable bonds is 4. The van der Waals surface area contributed by atoms with E-state index in [1.165, 1.54) is 0 Å². The molecule has 2 N–H and O–H groups in total. The number of halogens is 2. The molecule has 0 fully saturated rings. The Hall–Kier alpha value is -1.54. The lowest BCUT2D eigenvalue weighted by molar-refractivity contribution is 0.266. The molecule has 0 saturated heterocycles. The molecule has 8 heteroatoms. The Morgan fingerprint density at radius 2 is 1.50 bits per heavy atom. The van der Waals surface area contributed by atoms with Crippen molar-refractivity contribution in [1.82, 2.24) is 0 Å². The van der Waals surface area contributed by atoms with E-state index in [1.54, 1.807) is 0 Å². The summed E-state index contributed by atoms with van der Waals surface area (Å²) < 4.78 is 40.2. The van der Waals surface area contributed by atoms with E-state index in [1.807, 2.05) is 0 Å². The molecule has 0 radical (unpaired) electrons. The van der Waals surface area contributed by atoms with Crippen LogP contribution in [0.2, 0.25) is 0 Å². The van der Waals surface area contributed by atoms with E-state index in [0.717, 1.165) is 20.3 Å². The van der Waals surface area contributed by atoms with Gasteiger partial charge in [-0.15, -0.1) is 0 Å². The Balaban J connectivity index is 3.31. The van der Waals surface area contributed by atoms with Crippen molar-refractivity contribution < 1.29 is 33.0 Å². The average molecular weight is 234 g/mol. The standard InChI is InChI=1S/C8H9BF2O5/c1-14-4-3-5(15-2)7(11)8(6(4)10)16-9(12)13/h3,12-13H,1-2H3. The van der Waals surface area contributed by atoms with Gasteiger partial charge >= 0.3 is 7.32 Å². The average Bonchev–Trinajstić information content (AvgIpc) is 2.24. The molecule has 1 aromatic rings. The van der Waals surface area contributed by atoms with Crippen LogP contribution in [0.1, 0.15) is 0 Å². The van der Waals surface area contributed by atoms with Gasteiger partial charge in [-0.05, 0) is 0 Å². The van der Waals surface area contributed by atoms with Gasteiger partial charge < -0.3 is 24.2 Å². The van der Waals surface area contributed by atoms with Crippen molar-refractivity contribution in [2.75, 3.05) is 14.2 Å². The lowest BCUT2D eigenvalue weighted by Crippen LogP contribution is -2.22. The van der Waals surface area contributed by atoms with Gasteiger partial charge in [-0.25, -0.2) is 0 Å². The normalized spacial score (nSPS) is 9.88. The number of ether oxygens (including phenoxy) is 2. The Bertz CT molecular complexity index is 357. The molecule has 0 aliphatic carbocycles. The summed E-state index contributed by atoms with van der Waals surface area (Å²) in [6, 6.07) is 0.973. The van der Waals surface area contributed by atoms with Crippen LogP contribution in [0.25, 0.3) is 0 Å². The molecule has 0 bridgehead atoms. The predicted molar refractivity (Wildman–Crippen MR) is 50.3 cm³/mol. The van der Waals surface area contributed by atoms with Crippen molar-refractivity contribution >= 4 is 7.32 Å². The SMILES string of the molecule is COc1cc(OC)c(F)c(OB(O)O)c1F. The molecule has 0 aliphatic rings. The minimum absolute atomic E-state index is 0.339. The lowest BCUT2D eigenvalue weighted by atomic mass is 10.2. The Morgan fingerprint density at radius 3 is 1.81 bits per heavy atom. The molecule has 0 amide bonds. The molecule has 88 valence electrons. The van der Waals surface area contributed by atoms with Crippen molar-refractivity contribution in [3.05, 3.63) is 17.7 Å². The fraction of sp³-hybridized carbons (Fsp3) is 0.250. The van der Waals surface area contributed by atoms with E-state index in [4.69, 9.17) is 10.0 Å². The van der Waals surface area contributed by atoms with Gasteiger partial charge in [0.25, 0.3) is 0 Å².